The molecule has 0 aromatic carbocycles. The van der Waals surface area contributed by atoms with Gasteiger partial charge in [-0.3, -0.25) is 0 Å². The van der Waals surface area contributed by atoms with Crippen LogP contribution in [0.5, 0.6) is 0 Å². The van der Waals surface area contributed by atoms with Crippen molar-refractivity contribution in [2.75, 3.05) is 6.54 Å². The van der Waals surface area contributed by atoms with Gasteiger partial charge in [0.1, 0.15) is 0 Å². The molecule has 1 rings (SSSR count). The van der Waals surface area contributed by atoms with Crippen LogP contribution in [0.2, 0.25) is 0 Å². The Hall–Kier alpha value is -0.970. The minimum Gasteiger partial charge on any atom is -0.330 e. The van der Waals surface area contributed by atoms with Crippen molar-refractivity contribution in [2.45, 2.75) is 40.2 Å². The molecule has 1 aromatic rings. The SMILES string of the molecule is CC(C)(C)Cc1nnnn1CCCN. The van der Waals surface area contributed by atoms with Gasteiger partial charge in [0.2, 0.25) is 0 Å². The Balaban J connectivity index is 2.63. The number of nitrogens with zero attached hydrogens (tertiary/aromatic N) is 4. The van der Waals surface area contributed by atoms with Crippen LogP contribution in [0.4, 0.5) is 0 Å². The standard InChI is InChI=1S/C9H19N5/c1-9(2,3)7-8-11-12-13-14(8)6-4-5-10/h4-7,10H2,1-3H3. The van der Waals surface area contributed by atoms with E-state index in [0.29, 0.717) is 6.54 Å². The lowest BCUT2D eigenvalue weighted by molar-refractivity contribution is 0.385. The molecule has 0 radical (unpaired) electrons. The number of aromatic nitrogens is 4. The summed E-state index contributed by atoms with van der Waals surface area (Å²) in [7, 11) is 0. The highest BCUT2D eigenvalue weighted by Gasteiger charge is 2.16. The van der Waals surface area contributed by atoms with E-state index < -0.39 is 0 Å². The molecule has 5 nitrogen and oxygen atoms in total. The molecular weight excluding hydrogens is 178 g/mol. The number of nitrogens with two attached hydrogens (primary N) is 1. The van der Waals surface area contributed by atoms with Gasteiger partial charge in [0.25, 0.3) is 0 Å². The number of tetrazole rings is 1. The van der Waals surface area contributed by atoms with Gasteiger partial charge >= 0.3 is 0 Å². The molecule has 0 saturated heterocycles. The average molecular weight is 197 g/mol. The van der Waals surface area contributed by atoms with Gasteiger partial charge < -0.3 is 5.73 Å². The highest BCUT2D eigenvalue weighted by molar-refractivity contribution is 4.86. The number of rotatable bonds is 4. The van der Waals surface area contributed by atoms with Gasteiger partial charge in [0, 0.05) is 13.0 Å². The van der Waals surface area contributed by atoms with Gasteiger partial charge in [0.05, 0.1) is 0 Å². The molecule has 0 aliphatic carbocycles. The van der Waals surface area contributed by atoms with Gasteiger partial charge in [-0.25, -0.2) is 4.68 Å². The first-order valence-corrected chi connectivity index (χ1v) is 4.98. The summed E-state index contributed by atoms with van der Waals surface area (Å²) < 4.78 is 1.85. The van der Waals surface area contributed by atoms with E-state index in [-0.39, 0.29) is 5.41 Å². The second-order valence-electron chi connectivity index (χ2n) is 4.70. The molecule has 0 amide bonds. The fraction of sp³-hybridized carbons (Fsp3) is 0.889. The maximum absolute atomic E-state index is 5.44. The predicted octanol–water partition coefficient (Wildman–Crippen LogP) is 0.610. The van der Waals surface area contributed by atoms with Gasteiger partial charge in [-0.15, -0.1) is 5.10 Å². The molecule has 80 valence electrons. The second kappa shape index (κ2) is 4.50. The number of hydrogen-bond donors (Lipinski definition) is 1. The van der Waals surface area contributed by atoms with E-state index >= 15 is 0 Å². The molecule has 0 bridgehead atoms. The van der Waals surface area contributed by atoms with Gasteiger partial charge in [-0.05, 0) is 28.8 Å². The van der Waals surface area contributed by atoms with Crippen LogP contribution in [0.25, 0.3) is 0 Å². The Morgan fingerprint density at radius 2 is 2.07 bits per heavy atom. The highest BCUT2D eigenvalue weighted by Crippen LogP contribution is 2.18. The van der Waals surface area contributed by atoms with Crippen LogP contribution in [0, 0.1) is 5.41 Å². The first-order valence-electron chi connectivity index (χ1n) is 4.98. The molecule has 1 aromatic heterocycles. The van der Waals surface area contributed by atoms with Crippen molar-refractivity contribution in [2.24, 2.45) is 11.1 Å². The van der Waals surface area contributed by atoms with E-state index in [1.807, 2.05) is 4.68 Å². The summed E-state index contributed by atoms with van der Waals surface area (Å²) in [5.74, 6) is 0.950. The summed E-state index contributed by atoms with van der Waals surface area (Å²) >= 11 is 0. The van der Waals surface area contributed by atoms with Crippen molar-refractivity contribution < 1.29 is 0 Å². The summed E-state index contributed by atoms with van der Waals surface area (Å²) in [4.78, 5) is 0. The Labute approximate surface area is 84.7 Å². The van der Waals surface area contributed by atoms with Crippen molar-refractivity contribution in [3.8, 4) is 0 Å². The van der Waals surface area contributed by atoms with E-state index in [2.05, 4.69) is 36.3 Å². The summed E-state index contributed by atoms with van der Waals surface area (Å²) in [6.07, 6.45) is 1.81. The van der Waals surface area contributed by atoms with Crippen LogP contribution in [-0.4, -0.2) is 26.8 Å². The summed E-state index contributed by atoms with van der Waals surface area (Å²) in [5, 5.41) is 11.6. The van der Waals surface area contributed by atoms with Crippen molar-refractivity contribution >= 4 is 0 Å². The lowest BCUT2D eigenvalue weighted by Crippen LogP contribution is -2.16. The summed E-state index contributed by atoms with van der Waals surface area (Å²) in [6, 6.07) is 0. The lowest BCUT2D eigenvalue weighted by Gasteiger charge is -2.16. The normalized spacial score (nSPS) is 12.0. The molecule has 14 heavy (non-hydrogen) atoms. The van der Waals surface area contributed by atoms with E-state index in [1.165, 1.54) is 0 Å². The summed E-state index contributed by atoms with van der Waals surface area (Å²) in [6.45, 7) is 8.02. The van der Waals surface area contributed by atoms with Gasteiger partial charge in [-0.2, -0.15) is 0 Å². The fourth-order valence-electron chi connectivity index (χ4n) is 1.24. The molecule has 5 heteroatoms. The Morgan fingerprint density at radius 3 is 2.64 bits per heavy atom. The van der Waals surface area contributed by atoms with Crippen molar-refractivity contribution in [3.05, 3.63) is 5.82 Å². The minimum atomic E-state index is 0.217. The third-order valence-electron chi connectivity index (χ3n) is 1.87. The average Bonchev–Trinajstić information content (AvgIpc) is 2.45. The van der Waals surface area contributed by atoms with Crippen molar-refractivity contribution in [1.82, 2.24) is 20.2 Å². The van der Waals surface area contributed by atoms with E-state index in [0.717, 1.165) is 25.2 Å². The largest absolute Gasteiger partial charge is 0.330 e. The van der Waals surface area contributed by atoms with E-state index in [4.69, 9.17) is 5.73 Å². The molecule has 0 spiro atoms. The molecule has 0 unspecified atom stereocenters. The maximum Gasteiger partial charge on any atom is 0.151 e. The molecule has 2 N–H and O–H groups in total. The Bertz CT molecular complexity index is 273. The zero-order valence-electron chi connectivity index (χ0n) is 9.19. The Kier molecular flexibility index (Phi) is 3.57. The van der Waals surface area contributed by atoms with Crippen LogP contribution < -0.4 is 5.73 Å². The molecule has 0 saturated carbocycles. The van der Waals surface area contributed by atoms with Crippen LogP contribution >= 0.6 is 0 Å². The maximum atomic E-state index is 5.44. The predicted molar refractivity (Wildman–Crippen MR) is 54.6 cm³/mol. The van der Waals surface area contributed by atoms with Crippen molar-refractivity contribution in [1.29, 1.82) is 0 Å². The smallest absolute Gasteiger partial charge is 0.151 e. The first kappa shape index (κ1) is 11.1. The van der Waals surface area contributed by atoms with Gasteiger partial charge in [0.15, 0.2) is 5.82 Å². The molecular formula is C9H19N5. The van der Waals surface area contributed by atoms with Gasteiger partial charge in [-0.1, -0.05) is 20.8 Å². The third kappa shape index (κ3) is 3.41. The molecule has 0 fully saturated rings. The van der Waals surface area contributed by atoms with E-state index in [9.17, 15) is 0 Å². The molecule has 0 atom stereocenters. The second-order valence-corrected chi connectivity index (χ2v) is 4.70. The zero-order valence-corrected chi connectivity index (χ0v) is 9.19. The van der Waals surface area contributed by atoms with Crippen LogP contribution in [-0.2, 0) is 13.0 Å². The number of aryl methyl sites for hydroxylation is 1. The highest BCUT2D eigenvalue weighted by atomic mass is 15.5. The molecule has 0 aliphatic rings. The number of hydrogen-bond acceptors (Lipinski definition) is 4. The lowest BCUT2D eigenvalue weighted by atomic mass is 9.92. The van der Waals surface area contributed by atoms with Crippen LogP contribution in [0.15, 0.2) is 0 Å². The third-order valence-corrected chi connectivity index (χ3v) is 1.87. The minimum absolute atomic E-state index is 0.217. The quantitative estimate of drug-likeness (QED) is 0.767. The first-order chi connectivity index (χ1) is 6.53. The fourth-order valence-corrected chi connectivity index (χ4v) is 1.24. The molecule has 1 heterocycles. The van der Waals surface area contributed by atoms with E-state index in [1.54, 1.807) is 0 Å². The Morgan fingerprint density at radius 1 is 1.36 bits per heavy atom. The van der Waals surface area contributed by atoms with Crippen LogP contribution in [0.1, 0.15) is 33.0 Å². The van der Waals surface area contributed by atoms with Crippen molar-refractivity contribution in [3.63, 3.8) is 0 Å². The molecule has 0 aliphatic heterocycles. The monoisotopic (exact) mass is 197 g/mol. The van der Waals surface area contributed by atoms with Crippen LogP contribution in [0.3, 0.4) is 0 Å². The summed E-state index contributed by atoms with van der Waals surface area (Å²) in [5.41, 5.74) is 5.66. The topological polar surface area (TPSA) is 69.6 Å². The zero-order chi connectivity index (χ0) is 10.6.